The van der Waals surface area contributed by atoms with E-state index in [4.69, 9.17) is 5.84 Å². The zero-order valence-corrected chi connectivity index (χ0v) is 12.5. The number of nitrogens with two attached hydrogens (primary N) is 1. The average molecular weight is 322 g/mol. The van der Waals surface area contributed by atoms with Gasteiger partial charge in [0.1, 0.15) is 17.5 Å². The zero-order chi connectivity index (χ0) is 13.8. The molecule has 0 unspecified atom stereocenters. The maximum absolute atomic E-state index is 5.41. The minimum atomic E-state index is 0.595. The predicted molar refractivity (Wildman–Crippen MR) is 81.4 cm³/mol. The van der Waals surface area contributed by atoms with Crippen LogP contribution in [0.3, 0.4) is 0 Å². The second-order valence-corrected chi connectivity index (χ2v) is 5.02. The molecule has 0 spiro atoms. The van der Waals surface area contributed by atoms with Crippen molar-refractivity contribution in [2.45, 2.75) is 20.3 Å². The Morgan fingerprint density at radius 2 is 1.95 bits per heavy atom. The van der Waals surface area contributed by atoms with E-state index in [-0.39, 0.29) is 0 Å². The van der Waals surface area contributed by atoms with E-state index in [1.54, 1.807) is 6.07 Å². The Morgan fingerprint density at radius 3 is 2.58 bits per heavy atom. The van der Waals surface area contributed by atoms with Gasteiger partial charge in [-0.15, -0.1) is 0 Å². The van der Waals surface area contributed by atoms with Crippen LogP contribution in [0.2, 0.25) is 0 Å². The van der Waals surface area contributed by atoms with Gasteiger partial charge >= 0.3 is 0 Å². The second-order valence-electron chi connectivity index (χ2n) is 4.16. The lowest BCUT2D eigenvalue weighted by atomic mass is 10.2. The number of anilines is 3. The number of halogens is 1. The van der Waals surface area contributed by atoms with Crippen LogP contribution in [0.25, 0.3) is 0 Å². The molecule has 0 atom stereocenters. The normalized spacial score (nSPS) is 10.3. The number of nitrogens with one attached hydrogen (secondary N) is 2. The van der Waals surface area contributed by atoms with Gasteiger partial charge in [-0.3, -0.25) is 0 Å². The summed E-state index contributed by atoms with van der Waals surface area (Å²) >= 11 is 3.53. The molecule has 0 aliphatic rings. The summed E-state index contributed by atoms with van der Waals surface area (Å²) in [5.74, 6) is 7.45. The van der Waals surface area contributed by atoms with Crippen LogP contribution in [-0.4, -0.2) is 9.97 Å². The standard InChI is InChI=1S/C13H16BrN5/c1-3-11-17-12(7-13(18-11)19-15)16-10-5-4-8(2)6-9(10)14/h4-7H,3,15H2,1-2H3,(H2,16,17,18,19). The van der Waals surface area contributed by atoms with Crippen LogP contribution < -0.4 is 16.6 Å². The third-order valence-electron chi connectivity index (χ3n) is 2.62. The van der Waals surface area contributed by atoms with Gasteiger partial charge in [0.2, 0.25) is 0 Å². The van der Waals surface area contributed by atoms with Crippen molar-refractivity contribution in [2.75, 3.05) is 10.7 Å². The second kappa shape index (κ2) is 5.99. The quantitative estimate of drug-likeness (QED) is 0.595. The molecule has 0 radical (unpaired) electrons. The van der Waals surface area contributed by atoms with Crippen molar-refractivity contribution in [3.63, 3.8) is 0 Å². The minimum Gasteiger partial charge on any atom is -0.339 e. The fourth-order valence-corrected chi connectivity index (χ4v) is 2.25. The molecule has 1 aromatic heterocycles. The molecule has 0 bridgehead atoms. The lowest BCUT2D eigenvalue weighted by Gasteiger charge is -2.11. The molecule has 0 aliphatic carbocycles. The van der Waals surface area contributed by atoms with Gasteiger partial charge in [-0.1, -0.05) is 13.0 Å². The molecule has 5 nitrogen and oxygen atoms in total. The van der Waals surface area contributed by atoms with E-state index in [2.05, 4.69) is 36.6 Å². The van der Waals surface area contributed by atoms with Gasteiger partial charge in [0.15, 0.2) is 0 Å². The smallest absolute Gasteiger partial charge is 0.145 e. The van der Waals surface area contributed by atoms with Crippen LogP contribution in [0.1, 0.15) is 18.3 Å². The molecule has 2 rings (SSSR count). The van der Waals surface area contributed by atoms with Gasteiger partial charge in [-0.2, -0.15) is 0 Å². The lowest BCUT2D eigenvalue weighted by molar-refractivity contribution is 0.941. The highest BCUT2D eigenvalue weighted by atomic mass is 79.9. The molecule has 0 aliphatic heterocycles. The van der Waals surface area contributed by atoms with Gasteiger partial charge in [-0.25, -0.2) is 15.8 Å². The van der Waals surface area contributed by atoms with Crippen molar-refractivity contribution in [2.24, 2.45) is 5.84 Å². The maximum atomic E-state index is 5.41. The monoisotopic (exact) mass is 321 g/mol. The lowest BCUT2D eigenvalue weighted by Crippen LogP contribution is -2.11. The SMILES string of the molecule is CCc1nc(NN)cc(Nc2ccc(C)cc2Br)n1. The van der Waals surface area contributed by atoms with Crippen LogP contribution in [0.5, 0.6) is 0 Å². The first-order valence-corrected chi connectivity index (χ1v) is 6.79. The van der Waals surface area contributed by atoms with Crippen LogP contribution >= 0.6 is 15.9 Å². The molecule has 100 valence electrons. The molecule has 0 fully saturated rings. The molecule has 0 saturated heterocycles. The number of nitrogens with zero attached hydrogens (tertiary/aromatic N) is 2. The summed E-state index contributed by atoms with van der Waals surface area (Å²) in [6, 6.07) is 7.86. The summed E-state index contributed by atoms with van der Waals surface area (Å²) in [7, 11) is 0. The minimum absolute atomic E-state index is 0.595. The largest absolute Gasteiger partial charge is 0.339 e. The third-order valence-corrected chi connectivity index (χ3v) is 3.28. The van der Waals surface area contributed by atoms with Crippen molar-refractivity contribution in [3.05, 3.63) is 40.1 Å². The van der Waals surface area contributed by atoms with E-state index in [1.807, 2.05) is 32.0 Å². The molecule has 2 aromatic rings. The van der Waals surface area contributed by atoms with Crippen molar-refractivity contribution < 1.29 is 0 Å². The first-order valence-electron chi connectivity index (χ1n) is 6.00. The van der Waals surface area contributed by atoms with Crippen LogP contribution in [0.4, 0.5) is 17.3 Å². The average Bonchev–Trinajstić information content (AvgIpc) is 2.41. The molecule has 0 amide bonds. The van der Waals surface area contributed by atoms with Crippen LogP contribution in [-0.2, 0) is 6.42 Å². The summed E-state index contributed by atoms with van der Waals surface area (Å²) in [5.41, 5.74) is 4.70. The van der Waals surface area contributed by atoms with Crippen molar-refractivity contribution in [1.29, 1.82) is 0 Å². The zero-order valence-electron chi connectivity index (χ0n) is 10.9. The van der Waals surface area contributed by atoms with E-state index >= 15 is 0 Å². The Balaban J connectivity index is 2.31. The number of aryl methyl sites for hydroxylation is 2. The maximum Gasteiger partial charge on any atom is 0.145 e. The summed E-state index contributed by atoms with van der Waals surface area (Å²) in [4.78, 5) is 8.67. The molecule has 4 N–H and O–H groups in total. The van der Waals surface area contributed by atoms with Gasteiger partial charge in [0.25, 0.3) is 0 Å². The molecule has 1 aromatic carbocycles. The van der Waals surface area contributed by atoms with Crippen LogP contribution in [0.15, 0.2) is 28.7 Å². The number of aromatic nitrogens is 2. The van der Waals surface area contributed by atoms with E-state index in [9.17, 15) is 0 Å². The van der Waals surface area contributed by atoms with Gasteiger partial charge in [0.05, 0.1) is 5.69 Å². The van der Waals surface area contributed by atoms with Crippen molar-refractivity contribution in [1.82, 2.24) is 9.97 Å². The Labute approximate surface area is 120 Å². The Bertz CT molecular complexity index is 563. The highest BCUT2D eigenvalue weighted by molar-refractivity contribution is 9.10. The van der Waals surface area contributed by atoms with Crippen molar-refractivity contribution >= 4 is 33.3 Å². The van der Waals surface area contributed by atoms with Gasteiger partial charge in [0, 0.05) is 17.0 Å². The molecule has 19 heavy (non-hydrogen) atoms. The Hall–Kier alpha value is -1.66. The number of hydrazine groups is 1. The number of rotatable bonds is 4. The van der Waals surface area contributed by atoms with E-state index < -0.39 is 0 Å². The summed E-state index contributed by atoms with van der Waals surface area (Å²) in [5, 5.41) is 3.26. The van der Waals surface area contributed by atoms with Gasteiger partial charge < -0.3 is 10.7 Å². The molecular weight excluding hydrogens is 306 g/mol. The number of benzene rings is 1. The molecule has 6 heteroatoms. The number of hydrogen-bond acceptors (Lipinski definition) is 5. The fraction of sp³-hybridized carbons (Fsp3) is 0.231. The molecule has 0 saturated carbocycles. The first kappa shape index (κ1) is 13.8. The highest BCUT2D eigenvalue weighted by Crippen LogP contribution is 2.26. The summed E-state index contributed by atoms with van der Waals surface area (Å²) in [6.45, 7) is 4.05. The van der Waals surface area contributed by atoms with Gasteiger partial charge in [-0.05, 0) is 40.5 Å². The third kappa shape index (κ3) is 3.42. The topological polar surface area (TPSA) is 75.9 Å². The van der Waals surface area contributed by atoms with E-state index in [0.29, 0.717) is 11.6 Å². The number of hydrogen-bond donors (Lipinski definition) is 3. The van der Waals surface area contributed by atoms with Crippen molar-refractivity contribution in [3.8, 4) is 0 Å². The molecular formula is C13H16BrN5. The summed E-state index contributed by atoms with van der Waals surface area (Å²) in [6.07, 6.45) is 0.749. The van der Waals surface area contributed by atoms with Crippen LogP contribution in [0, 0.1) is 6.92 Å². The van der Waals surface area contributed by atoms with E-state index in [0.717, 1.165) is 22.4 Å². The first-order chi connectivity index (χ1) is 9.12. The Kier molecular flexibility index (Phi) is 4.34. The predicted octanol–water partition coefficient (Wildman–Crippen LogP) is 3.14. The fourth-order valence-electron chi connectivity index (χ4n) is 1.65. The van der Waals surface area contributed by atoms with E-state index in [1.165, 1.54) is 5.56 Å². The molecule has 1 heterocycles. The Morgan fingerprint density at radius 1 is 1.21 bits per heavy atom. The summed E-state index contributed by atoms with van der Waals surface area (Å²) < 4.78 is 0.992. The highest BCUT2D eigenvalue weighted by Gasteiger charge is 2.05. The number of nitrogen functional groups attached to an aromatic ring is 1.